The van der Waals surface area contributed by atoms with Gasteiger partial charge in [-0.25, -0.2) is 9.67 Å². The van der Waals surface area contributed by atoms with Crippen LogP contribution in [0.15, 0.2) is 30.7 Å². The van der Waals surface area contributed by atoms with E-state index < -0.39 is 0 Å². The second-order valence-electron chi connectivity index (χ2n) is 5.85. The summed E-state index contributed by atoms with van der Waals surface area (Å²) in [5.74, 6) is 0.393. The van der Waals surface area contributed by atoms with Gasteiger partial charge in [-0.3, -0.25) is 9.89 Å². The lowest BCUT2D eigenvalue weighted by molar-refractivity contribution is -0.116. The smallest absolute Gasteiger partial charge is 0.246 e. The number of hydrogen-bond donors (Lipinski definition) is 3. The van der Waals surface area contributed by atoms with Gasteiger partial charge in [0.05, 0.1) is 29.1 Å². The van der Waals surface area contributed by atoms with Gasteiger partial charge in [0.25, 0.3) is 0 Å². The second-order valence-corrected chi connectivity index (χ2v) is 5.85. The highest BCUT2D eigenvalue weighted by Gasteiger charge is 2.15. The third kappa shape index (κ3) is 2.87. The molecule has 1 aromatic carbocycles. The van der Waals surface area contributed by atoms with Crippen LogP contribution in [-0.4, -0.2) is 41.1 Å². The van der Waals surface area contributed by atoms with E-state index in [9.17, 15) is 4.79 Å². The molecule has 1 amide bonds. The van der Waals surface area contributed by atoms with E-state index >= 15 is 0 Å². The Bertz CT molecular complexity index is 1000. The third-order valence-corrected chi connectivity index (χ3v) is 4.03. The molecule has 3 N–H and O–H groups in total. The molecule has 0 unspecified atom stereocenters. The summed E-state index contributed by atoms with van der Waals surface area (Å²) in [5, 5.41) is 17.2. The van der Waals surface area contributed by atoms with Crippen molar-refractivity contribution in [3.8, 4) is 11.5 Å². The van der Waals surface area contributed by atoms with Gasteiger partial charge in [0, 0.05) is 6.20 Å². The van der Waals surface area contributed by atoms with Crippen molar-refractivity contribution < 1.29 is 4.79 Å². The largest absolute Gasteiger partial charge is 0.337 e. The minimum Gasteiger partial charge on any atom is -0.337 e. The quantitative estimate of drug-likeness (QED) is 0.525. The standard InChI is InChI=1S/C16H16N8O/c1-9-5-11-12(6-10(9)2)21-16(20-11)15-13(7-18-22-15)19-14(25)8-24-4-3-17-23-24/h3-7H,8H2,1-2H3,(H,18,22)(H,19,25)(H,20,21). The van der Waals surface area contributed by atoms with E-state index in [0.717, 1.165) is 11.0 Å². The number of benzene rings is 1. The molecule has 25 heavy (non-hydrogen) atoms. The molecule has 0 aliphatic carbocycles. The third-order valence-electron chi connectivity index (χ3n) is 4.03. The minimum absolute atomic E-state index is 0.0726. The van der Waals surface area contributed by atoms with E-state index in [0.29, 0.717) is 17.2 Å². The number of aromatic amines is 2. The summed E-state index contributed by atoms with van der Waals surface area (Å²) in [6.07, 6.45) is 4.70. The molecule has 0 spiro atoms. The molecular weight excluding hydrogens is 320 g/mol. The Balaban J connectivity index is 1.62. The van der Waals surface area contributed by atoms with Crippen molar-refractivity contribution in [3.05, 3.63) is 41.9 Å². The van der Waals surface area contributed by atoms with Crippen molar-refractivity contribution in [1.29, 1.82) is 0 Å². The van der Waals surface area contributed by atoms with Gasteiger partial charge in [0.15, 0.2) is 5.82 Å². The summed E-state index contributed by atoms with van der Waals surface area (Å²) < 4.78 is 1.45. The lowest BCUT2D eigenvalue weighted by Gasteiger charge is -2.04. The number of carbonyl (C=O) groups is 1. The Hall–Kier alpha value is -3.49. The van der Waals surface area contributed by atoms with Crippen molar-refractivity contribution >= 4 is 22.6 Å². The van der Waals surface area contributed by atoms with E-state index in [-0.39, 0.29) is 12.5 Å². The molecule has 0 aliphatic heterocycles. The summed E-state index contributed by atoms with van der Waals surface area (Å²) in [7, 11) is 0. The number of hydrogen-bond acceptors (Lipinski definition) is 5. The monoisotopic (exact) mass is 336 g/mol. The minimum atomic E-state index is -0.226. The molecule has 0 fully saturated rings. The average molecular weight is 336 g/mol. The number of fused-ring (bicyclic) bond motifs is 1. The van der Waals surface area contributed by atoms with Crippen molar-refractivity contribution in [2.75, 3.05) is 5.32 Å². The highest BCUT2D eigenvalue weighted by molar-refractivity contribution is 5.94. The van der Waals surface area contributed by atoms with E-state index in [1.165, 1.54) is 22.0 Å². The summed E-state index contributed by atoms with van der Waals surface area (Å²) in [6.45, 7) is 4.18. The van der Waals surface area contributed by atoms with Crippen molar-refractivity contribution in [3.63, 3.8) is 0 Å². The van der Waals surface area contributed by atoms with Crippen LogP contribution < -0.4 is 5.32 Å². The van der Waals surface area contributed by atoms with Gasteiger partial charge >= 0.3 is 0 Å². The Morgan fingerprint density at radius 1 is 1.28 bits per heavy atom. The number of carbonyl (C=O) groups excluding carboxylic acids is 1. The zero-order chi connectivity index (χ0) is 17.4. The van der Waals surface area contributed by atoms with E-state index in [1.807, 2.05) is 6.07 Å². The number of anilines is 1. The first-order valence-electron chi connectivity index (χ1n) is 7.75. The second kappa shape index (κ2) is 5.86. The molecule has 3 heterocycles. The number of nitrogens with zero attached hydrogens (tertiary/aromatic N) is 5. The highest BCUT2D eigenvalue weighted by atomic mass is 16.2. The number of rotatable bonds is 4. The molecule has 3 aromatic heterocycles. The summed E-state index contributed by atoms with van der Waals surface area (Å²) in [4.78, 5) is 20.0. The summed E-state index contributed by atoms with van der Waals surface area (Å²) in [5.41, 5.74) is 5.35. The molecule has 0 aliphatic rings. The first-order chi connectivity index (χ1) is 12.1. The molecule has 4 rings (SSSR count). The van der Waals surface area contributed by atoms with Gasteiger partial charge in [-0.05, 0) is 37.1 Å². The van der Waals surface area contributed by atoms with Gasteiger partial charge in [-0.2, -0.15) is 5.10 Å². The first kappa shape index (κ1) is 15.1. The maximum absolute atomic E-state index is 12.2. The lowest BCUT2D eigenvalue weighted by atomic mass is 10.1. The molecule has 0 saturated heterocycles. The lowest BCUT2D eigenvalue weighted by Crippen LogP contribution is -2.19. The van der Waals surface area contributed by atoms with Crippen LogP contribution in [0.25, 0.3) is 22.6 Å². The SMILES string of the molecule is Cc1cc2nc(-c3[nH]ncc3NC(=O)Cn3ccnn3)[nH]c2cc1C. The van der Waals surface area contributed by atoms with Gasteiger partial charge < -0.3 is 10.3 Å². The van der Waals surface area contributed by atoms with Gasteiger partial charge in [0.1, 0.15) is 12.2 Å². The van der Waals surface area contributed by atoms with Crippen LogP contribution in [0.4, 0.5) is 5.69 Å². The summed E-state index contributed by atoms with van der Waals surface area (Å²) >= 11 is 0. The van der Waals surface area contributed by atoms with Crippen LogP contribution >= 0.6 is 0 Å². The van der Waals surface area contributed by atoms with Crippen molar-refractivity contribution in [2.45, 2.75) is 20.4 Å². The average Bonchev–Trinajstić information content (AvgIpc) is 3.28. The van der Waals surface area contributed by atoms with Crippen molar-refractivity contribution in [2.24, 2.45) is 0 Å². The zero-order valence-corrected chi connectivity index (χ0v) is 13.7. The van der Waals surface area contributed by atoms with E-state index in [1.54, 1.807) is 12.4 Å². The number of imidazole rings is 1. The molecule has 0 atom stereocenters. The fourth-order valence-corrected chi connectivity index (χ4v) is 2.60. The number of amides is 1. The van der Waals surface area contributed by atoms with E-state index in [4.69, 9.17) is 0 Å². The van der Waals surface area contributed by atoms with Crippen LogP contribution in [0.2, 0.25) is 0 Å². The zero-order valence-electron chi connectivity index (χ0n) is 13.7. The maximum atomic E-state index is 12.2. The summed E-state index contributed by atoms with van der Waals surface area (Å²) in [6, 6.07) is 4.09. The number of H-pyrrole nitrogens is 2. The molecule has 9 heteroatoms. The van der Waals surface area contributed by atoms with Gasteiger partial charge in [0.2, 0.25) is 5.91 Å². The van der Waals surface area contributed by atoms with Crippen LogP contribution in [0.3, 0.4) is 0 Å². The first-order valence-corrected chi connectivity index (χ1v) is 7.75. The van der Waals surface area contributed by atoms with Crippen molar-refractivity contribution in [1.82, 2.24) is 35.2 Å². The molecular formula is C16H16N8O. The van der Waals surface area contributed by atoms with Gasteiger partial charge in [-0.15, -0.1) is 5.10 Å². The topological polar surface area (TPSA) is 117 Å². The Kier molecular flexibility index (Phi) is 3.53. The maximum Gasteiger partial charge on any atom is 0.246 e. The van der Waals surface area contributed by atoms with E-state index in [2.05, 4.69) is 55.7 Å². The van der Waals surface area contributed by atoms with Crippen LogP contribution in [-0.2, 0) is 11.3 Å². The predicted octanol–water partition coefficient (Wildman–Crippen LogP) is 1.80. The number of aromatic nitrogens is 7. The normalized spacial score (nSPS) is 11.1. The van der Waals surface area contributed by atoms with Crippen LogP contribution in [0, 0.1) is 13.8 Å². The fourth-order valence-electron chi connectivity index (χ4n) is 2.60. The highest BCUT2D eigenvalue weighted by Crippen LogP contribution is 2.26. The molecule has 0 bridgehead atoms. The van der Waals surface area contributed by atoms with Crippen LogP contribution in [0.5, 0.6) is 0 Å². The van der Waals surface area contributed by atoms with Gasteiger partial charge in [-0.1, -0.05) is 5.21 Å². The molecule has 126 valence electrons. The number of aryl methyl sites for hydroxylation is 2. The Labute approximate surface area is 142 Å². The predicted molar refractivity (Wildman–Crippen MR) is 91.8 cm³/mol. The number of nitrogens with one attached hydrogen (secondary N) is 3. The molecule has 0 radical (unpaired) electrons. The molecule has 9 nitrogen and oxygen atoms in total. The Morgan fingerprint density at radius 2 is 2.12 bits per heavy atom. The molecule has 0 saturated carbocycles. The van der Waals surface area contributed by atoms with Crippen LogP contribution in [0.1, 0.15) is 11.1 Å². The molecule has 4 aromatic rings. The fraction of sp³-hybridized carbons (Fsp3) is 0.188. The Morgan fingerprint density at radius 3 is 2.92 bits per heavy atom.